The summed E-state index contributed by atoms with van der Waals surface area (Å²) in [6, 6.07) is 0. The Kier molecular flexibility index (Phi) is 2.81. The molecule has 98 valence electrons. The molecule has 0 aliphatic heterocycles. The highest BCUT2D eigenvalue weighted by molar-refractivity contribution is 5.50. The van der Waals surface area contributed by atoms with Crippen molar-refractivity contribution in [2.45, 2.75) is 12.8 Å². The predicted octanol–water partition coefficient (Wildman–Crippen LogP) is 4.98. The first-order valence-corrected chi connectivity index (χ1v) is 7.43. The van der Waals surface area contributed by atoms with Crippen LogP contribution in [-0.4, -0.2) is 0 Å². The van der Waals surface area contributed by atoms with Gasteiger partial charge in [0.1, 0.15) is 0 Å². The molecule has 0 radical (unpaired) electrons. The first-order chi connectivity index (χ1) is 9.92. The van der Waals surface area contributed by atoms with Crippen molar-refractivity contribution in [1.82, 2.24) is 0 Å². The van der Waals surface area contributed by atoms with Crippen molar-refractivity contribution < 1.29 is 0 Å². The highest BCUT2D eigenvalue weighted by atomic mass is 14.3. The molecule has 0 aromatic carbocycles. The van der Waals surface area contributed by atoms with Gasteiger partial charge < -0.3 is 0 Å². The normalized spacial score (nSPS) is 28.8. The summed E-state index contributed by atoms with van der Waals surface area (Å²) in [5.41, 5.74) is 6.01. The second-order valence-electron chi connectivity index (χ2n) is 5.76. The third-order valence-electron chi connectivity index (χ3n) is 4.61. The Bertz CT molecular complexity index is 609. The van der Waals surface area contributed by atoms with Gasteiger partial charge in [-0.05, 0) is 24.0 Å². The molecule has 0 N–H and O–H groups in total. The van der Waals surface area contributed by atoms with E-state index >= 15 is 0 Å². The standard InChI is InChI=1S/C20H18/c1-3-7-19-15(5-1)9-11-17(19)13-14-18-12-10-16-6-2-4-8-20(16)18/h1-12,19-20H,13-14H2. The fourth-order valence-corrected chi connectivity index (χ4v) is 3.49. The van der Waals surface area contributed by atoms with E-state index < -0.39 is 0 Å². The molecule has 0 heterocycles. The van der Waals surface area contributed by atoms with Crippen molar-refractivity contribution in [3.8, 4) is 0 Å². The molecule has 20 heavy (non-hydrogen) atoms. The molecule has 0 nitrogen and oxygen atoms in total. The zero-order valence-corrected chi connectivity index (χ0v) is 11.5. The summed E-state index contributed by atoms with van der Waals surface area (Å²) in [6.07, 6.45) is 29.2. The Morgan fingerprint density at radius 1 is 0.600 bits per heavy atom. The average molecular weight is 258 g/mol. The fourth-order valence-electron chi connectivity index (χ4n) is 3.49. The van der Waals surface area contributed by atoms with Crippen LogP contribution in [-0.2, 0) is 0 Å². The minimum absolute atomic E-state index is 0.538. The summed E-state index contributed by atoms with van der Waals surface area (Å²) >= 11 is 0. The van der Waals surface area contributed by atoms with Crippen LogP contribution in [0.2, 0.25) is 0 Å². The zero-order valence-electron chi connectivity index (χ0n) is 11.5. The summed E-state index contributed by atoms with van der Waals surface area (Å²) in [5.74, 6) is 1.08. The van der Waals surface area contributed by atoms with Crippen LogP contribution in [0.5, 0.6) is 0 Å². The largest absolute Gasteiger partial charge is 0.0730 e. The number of allylic oxidation sites excluding steroid dienone is 16. The maximum atomic E-state index is 2.32. The van der Waals surface area contributed by atoms with Gasteiger partial charge in [0, 0.05) is 11.8 Å². The number of hydrogen-bond donors (Lipinski definition) is 0. The van der Waals surface area contributed by atoms with Crippen LogP contribution < -0.4 is 0 Å². The van der Waals surface area contributed by atoms with E-state index in [1.807, 2.05) is 0 Å². The number of hydrogen-bond acceptors (Lipinski definition) is 0. The molecule has 0 saturated carbocycles. The van der Waals surface area contributed by atoms with Gasteiger partial charge in [-0.1, -0.05) is 84.1 Å². The molecule has 0 saturated heterocycles. The van der Waals surface area contributed by atoms with Gasteiger partial charge in [0.2, 0.25) is 0 Å². The van der Waals surface area contributed by atoms with Crippen molar-refractivity contribution >= 4 is 0 Å². The molecular weight excluding hydrogens is 240 g/mol. The van der Waals surface area contributed by atoms with Gasteiger partial charge in [-0.25, -0.2) is 0 Å². The quantitative estimate of drug-likeness (QED) is 0.669. The lowest BCUT2D eigenvalue weighted by Crippen LogP contribution is -2.05. The number of fused-ring (bicyclic) bond motifs is 2. The molecule has 0 spiro atoms. The fraction of sp³-hybridized carbons (Fsp3) is 0.200. The SMILES string of the molecule is C1=CC2=CC=C(CCC3=CC=C4C=CC=CC43)C2C=C1. The van der Waals surface area contributed by atoms with E-state index in [0.717, 1.165) is 0 Å². The highest BCUT2D eigenvalue weighted by Crippen LogP contribution is 2.38. The van der Waals surface area contributed by atoms with Crippen LogP contribution in [0.15, 0.2) is 95.2 Å². The second kappa shape index (κ2) is 4.79. The van der Waals surface area contributed by atoms with Crippen molar-refractivity contribution in [2.75, 3.05) is 0 Å². The lowest BCUT2D eigenvalue weighted by atomic mass is 9.85. The van der Waals surface area contributed by atoms with Gasteiger partial charge in [0.25, 0.3) is 0 Å². The van der Waals surface area contributed by atoms with E-state index in [0.29, 0.717) is 11.8 Å². The van der Waals surface area contributed by atoms with E-state index in [4.69, 9.17) is 0 Å². The molecular formula is C20H18. The summed E-state index contributed by atoms with van der Waals surface area (Å²) in [7, 11) is 0. The molecule has 0 heteroatoms. The second-order valence-corrected chi connectivity index (χ2v) is 5.76. The lowest BCUT2D eigenvalue weighted by molar-refractivity contribution is 0.769. The summed E-state index contributed by atoms with van der Waals surface area (Å²) < 4.78 is 0. The molecule has 2 atom stereocenters. The Hall–Kier alpha value is -2.08. The van der Waals surface area contributed by atoms with Crippen LogP contribution in [0.4, 0.5) is 0 Å². The molecule has 2 unspecified atom stereocenters. The van der Waals surface area contributed by atoms with Crippen LogP contribution >= 0.6 is 0 Å². The van der Waals surface area contributed by atoms with Crippen LogP contribution in [0.25, 0.3) is 0 Å². The summed E-state index contributed by atoms with van der Waals surface area (Å²) in [6.45, 7) is 0. The van der Waals surface area contributed by atoms with Gasteiger partial charge in [-0.2, -0.15) is 0 Å². The van der Waals surface area contributed by atoms with E-state index in [2.05, 4.69) is 72.9 Å². The van der Waals surface area contributed by atoms with E-state index in [1.165, 1.54) is 24.0 Å². The third-order valence-corrected chi connectivity index (χ3v) is 4.61. The summed E-state index contributed by atoms with van der Waals surface area (Å²) in [4.78, 5) is 0. The van der Waals surface area contributed by atoms with Crippen LogP contribution in [0.1, 0.15) is 12.8 Å². The van der Waals surface area contributed by atoms with Crippen LogP contribution in [0, 0.1) is 11.8 Å². The third kappa shape index (κ3) is 1.92. The lowest BCUT2D eigenvalue weighted by Gasteiger charge is -2.19. The molecule has 0 aromatic rings. The maximum Gasteiger partial charge on any atom is 0.0234 e. The topological polar surface area (TPSA) is 0 Å². The average Bonchev–Trinajstić information content (AvgIpc) is 3.09. The Balaban J connectivity index is 1.41. The van der Waals surface area contributed by atoms with E-state index in [9.17, 15) is 0 Å². The van der Waals surface area contributed by atoms with Crippen molar-refractivity contribution in [3.63, 3.8) is 0 Å². The van der Waals surface area contributed by atoms with Gasteiger partial charge in [-0.3, -0.25) is 0 Å². The Morgan fingerprint density at radius 3 is 1.60 bits per heavy atom. The Morgan fingerprint density at radius 2 is 1.10 bits per heavy atom. The monoisotopic (exact) mass is 258 g/mol. The molecule has 4 aliphatic rings. The van der Waals surface area contributed by atoms with Gasteiger partial charge in [0.05, 0.1) is 0 Å². The molecule has 0 fully saturated rings. The molecule has 0 bridgehead atoms. The van der Waals surface area contributed by atoms with Gasteiger partial charge in [-0.15, -0.1) is 0 Å². The molecule has 4 rings (SSSR count). The number of rotatable bonds is 3. The van der Waals surface area contributed by atoms with E-state index in [1.54, 1.807) is 11.1 Å². The predicted molar refractivity (Wildman–Crippen MR) is 85.1 cm³/mol. The maximum absolute atomic E-state index is 2.32. The van der Waals surface area contributed by atoms with E-state index in [-0.39, 0.29) is 0 Å². The van der Waals surface area contributed by atoms with Gasteiger partial charge >= 0.3 is 0 Å². The van der Waals surface area contributed by atoms with Gasteiger partial charge in [0.15, 0.2) is 0 Å². The van der Waals surface area contributed by atoms with Crippen LogP contribution in [0.3, 0.4) is 0 Å². The molecule has 0 aromatic heterocycles. The molecule has 0 amide bonds. The first-order valence-electron chi connectivity index (χ1n) is 7.43. The summed E-state index contributed by atoms with van der Waals surface area (Å²) in [5, 5.41) is 0. The minimum atomic E-state index is 0.538. The zero-order chi connectivity index (χ0) is 13.4. The van der Waals surface area contributed by atoms with Crippen molar-refractivity contribution in [1.29, 1.82) is 0 Å². The smallest absolute Gasteiger partial charge is 0.0234 e. The first kappa shape index (κ1) is 11.7. The Labute approximate surface area is 120 Å². The molecule has 4 aliphatic carbocycles. The minimum Gasteiger partial charge on any atom is -0.0730 e. The highest BCUT2D eigenvalue weighted by Gasteiger charge is 2.23. The van der Waals surface area contributed by atoms with Crippen molar-refractivity contribution in [3.05, 3.63) is 95.2 Å². The van der Waals surface area contributed by atoms with Crippen molar-refractivity contribution in [2.24, 2.45) is 11.8 Å².